The van der Waals surface area contributed by atoms with Crippen molar-refractivity contribution in [2.24, 2.45) is 5.92 Å². The average molecular weight is 440 g/mol. The summed E-state index contributed by atoms with van der Waals surface area (Å²) in [6.45, 7) is 7.27. The van der Waals surface area contributed by atoms with E-state index in [4.69, 9.17) is 4.52 Å². The highest BCUT2D eigenvalue weighted by atomic mass is 32.2. The summed E-state index contributed by atoms with van der Waals surface area (Å²) in [5, 5.41) is 9.44. The van der Waals surface area contributed by atoms with Crippen LogP contribution in [0.3, 0.4) is 0 Å². The van der Waals surface area contributed by atoms with Crippen LogP contribution in [0.2, 0.25) is 0 Å². The van der Waals surface area contributed by atoms with Crippen molar-refractivity contribution in [3.05, 3.63) is 54.7 Å². The van der Waals surface area contributed by atoms with Crippen molar-refractivity contribution >= 4 is 29.3 Å². The van der Waals surface area contributed by atoms with E-state index in [0.717, 1.165) is 16.1 Å². The Hall–Kier alpha value is -3.20. The molecule has 2 aromatic heterocycles. The molecule has 2 unspecified atom stereocenters. The van der Waals surface area contributed by atoms with Gasteiger partial charge in [-0.15, -0.1) is 11.8 Å². The van der Waals surface area contributed by atoms with Crippen molar-refractivity contribution in [1.82, 2.24) is 20.4 Å². The minimum Gasteiger partial charge on any atom is -0.343 e. The normalized spacial score (nSPS) is 12.9. The summed E-state index contributed by atoms with van der Waals surface area (Å²) in [6, 6.07) is 10.6. The maximum absolute atomic E-state index is 12.8. The lowest BCUT2D eigenvalue weighted by Gasteiger charge is -2.21. The molecule has 1 aromatic carbocycles. The fourth-order valence-electron chi connectivity index (χ4n) is 2.84. The van der Waals surface area contributed by atoms with Gasteiger partial charge in [0.15, 0.2) is 0 Å². The van der Waals surface area contributed by atoms with Gasteiger partial charge in [-0.25, -0.2) is 0 Å². The molecule has 2 amide bonds. The van der Waals surface area contributed by atoms with E-state index in [1.165, 1.54) is 18.7 Å². The van der Waals surface area contributed by atoms with Crippen molar-refractivity contribution in [3.8, 4) is 11.4 Å². The fourth-order valence-corrected chi connectivity index (χ4v) is 3.71. The van der Waals surface area contributed by atoms with Crippen molar-refractivity contribution in [1.29, 1.82) is 0 Å². The minimum absolute atomic E-state index is 0.0558. The van der Waals surface area contributed by atoms with Gasteiger partial charge in [0, 0.05) is 35.5 Å². The van der Waals surface area contributed by atoms with Crippen molar-refractivity contribution in [2.75, 3.05) is 5.32 Å². The zero-order valence-electron chi connectivity index (χ0n) is 17.8. The van der Waals surface area contributed by atoms with E-state index in [2.05, 4.69) is 25.8 Å². The molecule has 3 rings (SSSR count). The van der Waals surface area contributed by atoms with Gasteiger partial charge >= 0.3 is 0 Å². The molecule has 8 nitrogen and oxygen atoms in total. The van der Waals surface area contributed by atoms with E-state index in [1.807, 2.05) is 51.1 Å². The molecule has 3 aromatic rings. The van der Waals surface area contributed by atoms with Crippen LogP contribution < -0.4 is 10.6 Å². The second kappa shape index (κ2) is 10.2. The Labute approximate surface area is 185 Å². The Kier molecular flexibility index (Phi) is 7.41. The minimum atomic E-state index is -0.407. The van der Waals surface area contributed by atoms with Gasteiger partial charge < -0.3 is 15.2 Å². The first-order chi connectivity index (χ1) is 14.8. The van der Waals surface area contributed by atoms with Gasteiger partial charge in [0.2, 0.25) is 23.5 Å². The molecule has 2 heterocycles. The molecule has 0 spiro atoms. The van der Waals surface area contributed by atoms with E-state index in [1.54, 1.807) is 18.5 Å². The number of nitrogens with one attached hydrogen (secondary N) is 2. The lowest BCUT2D eigenvalue weighted by molar-refractivity contribution is -0.121. The Morgan fingerprint density at radius 1 is 1.10 bits per heavy atom. The lowest BCUT2D eigenvalue weighted by atomic mass is 10.0. The molecule has 0 bridgehead atoms. The van der Waals surface area contributed by atoms with E-state index in [-0.39, 0.29) is 23.0 Å². The third-order valence-electron chi connectivity index (χ3n) is 4.45. The van der Waals surface area contributed by atoms with Gasteiger partial charge in [0.05, 0.1) is 5.25 Å². The first-order valence-electron chi connectivity index (χ1n) is 9.92. The number of thioether (sulfide) groups is 1. The molecule has 0 aliphatic carbocycles. The van der Waals surface area contributed by atoms with Crippen LogP contribution >= 0.6 is 11.8 Å². The molecule has 0 radical (unpaired) electrons. The number of amides is 2. The summed E-state index contributed by atoms with van der Waals surface area (Å²) in [4.78, 5) is 33.4. The number of carbonyl (C=O) groups excluding carboxylic acids is 2. The van der Waals surface area contributed by atoms with Gasteiger partial charge in [-0.2, -0.15) is 4.98 Å². The quantitative estimate of drug-likeness (QED) is 0.509. The SMILES string of the molecule is CC(=O)Nc1ccc(SC(C)C(=O)NC(c2nc(-c3cccnc3)no2)C(C)C)cc1. The zero-order chi connectivity index (χ0) is 22.4. The average Bonchev–Trinajstić information content (AvgIpc) is 3.23. The van der Waals surface area contributed by atoms with E-state index in [9.17, 15) is 9.59 Å². The highest BCUT2D eigenvalue weighted by molar-refractivity contribution is 8.00. The van der Waals surface area contributed by atoms with Gasteiger partial charge in [-0.3, -0.25) is 14.6 Å². The zero-order valence-corrected chi connectivity index (χ0v) is 18.6. The molecule has 2 atom stereocenters. The summed E-state index contributed by atoms with van der Waals surface area (Å²) in [6.07, 6.45) is 3.33. The molecule has 0 saturated carbocycles. The molecular formula is C22H25N5O3S. The van der Waals surface area contributed by atoms with Crippen LogP contribution in [-0.4, -0.2) is 32.2 Å². The summed E-state index contributed by atoms with van der Waals surface area (Å²) in [5.74, 6) is 0.598. The highest BCUT2D eigenvalue weighted by Gasteiger charge is 2.27. The molecule has 9 heteroatoms. The highest BCUT2D eigenvalue weighted by Crippen LogP contribution is 2.27. The molecule has 31 heavy (non-hydrogen) atoms. The molecule has 0 saturated heterocycles. The van der Waals surface area contributed by atoms with Crippen LogP contribution in [0.5, 0.6) is 0 Å². The Balaban J connectivity index is 1.65. The molecule has 0 aliphatic rings. The lowest BCUT2D eigenvalue weighted by Crippen LogP contribution is -2.36. The first-order valence-corrected chi connectivity index (χ1v) is 10.8. The largest absolute Gasteiger partial charge is 0.343 e. The molecule has 0 fully saturated rings. The van der Waals surface area contributed by atoms with Gasteiger partial charge in [-0.05, 0) is 49.2 Å². The van der Waals surface area contributed by atoms with Crippen LogP contribution in [-0.2, 0) is 9.59 Å². The number of hydrogen-bond acceptors (Lipinski definition) is 7. The van der Waals surface area contributed by atoms with E-state index in [0.29, 0.717) is 11.7 Å². The number of rotatable bonds is 8. The van der Waals surface area contributed by atoms with Gasteiger partial charge in [0.25, 0.3) is 0 Å². The number of anilines is 1. The van der Waals surface area contributed by atoms with E-state index < -0.39 is 6.04 Å². The smallest absolute Gasteiger partial charge is 0.249 e. The summed E-state index contributed by atoms with van der Waals surface area (Å²) in [7, 11) is 0. The third-order valence-corrected chi connectivity index (χ3v) is 5.56. The van der Waals surface area contributed by atoms with Gasteiger partial charge in [0.1, 0.15) is 6.04 Å². The Bertz CT molecular complexity index is 1020. The van der Waals surface area contributed by atoms with Crippen molar-refractivity contribution in [2.45, 2.75) is 43.9 Å². The summed E-state index contributed by atoms with van der Waals surface area (Å²) < 4.78 is 5.44. The molecular weight excluding hydrogens is 414 g/mol. The maximum Gasteiger partial charge on any atom is 0.249 e. The number of hydrogen-bond donors (Lipinski definition) is 2. The molecule has 2 N–H and O–H groups in total. The van der Waals surface area contributed by atoms with Crippen LogP contribution in [0, 0.1) is 5.92 Å². The topological polar surface area (TPSA) is 110 Å². The Morgan fingerprint density at radius 3 is 2.45 bits per heavy atom. The molecule has 0 aliphatic heterocycles. The van der Waals surface area contributed by atoms with Crippen LogP contribution in [0.1, 0.15) is 39.6 Å². The predicted octanol–water partition coefficient (Wildman–Crippen LogP) is 4.08. The standard InChI is InChI=1S/C22H25N5O3S/c1-13(2)19(22-26-20(27-30-22)16-6-5-11-23-12-16)25-21(29)14(3)31-18-9-7-17(8-10-18)24-15(4)28/h5-14,19H,1-4H3,(H,24,28)(H,25,29). The number of aromatic nitrogens is 3. The second-order valence-corrected chi connectivity index (χ2v) is 8.81. The second-order valence-electron chi connectivity index (χ2n) is 7.39. The number of pyridine rings is 1. The predicted molar refractivity (Wildman–Crippen MR) is 119 cm³/mol. The first kappa shape index (κ1) is 22.5. The van der Waals surface area contributed by atoms with Crippen molar-refractivity contribution < 1.29 is 14.1 Å². The number of nitrogens with zero attached hydrogens (tertiary/aromatic N) is 3. The van der Waals surface area contributed by atoms with Crippen LogP contribution in [0.4, 0.5) is 5.69 Å². The Morgan fingerprint density at radius 2 is 1.84 bits per heavy atom. The third kappa shape index (κ3) is 6.14. The number of carbonyl (C=O) groups is 2. The van der Waals surface area contributed by atoms with Crippen molar-refractivity contribution in [3.63, 3.8) is 0 Å². The summed E-state index contributed by atoms with van der Waals surface area (Å²) in [5.41, 5.74) is 1.47. The maximum atomic E-state index is 12.8. The number of benzene rings is 1. The molecule has 162 valence electrons. The fraction of sp³-hybridized carbons (Fsp3) is 0.318. The van der Waals surface area contributed by atoms with Crippen LogP contribution in [0.25, 0.3) is 11.4 Å². The van der Waals surface area contributed by atoms with Crippen LogP contribution in [0.15, 0.2) is 58.2 Å². The summed E-state index contributed by atoms with van der Waals surface area (Å²) >= 11 is 1.43. The monoisotopic (exact) mass is 439 g/mol. The van der Waals surface area contributed by atoms with Gasteiger partial charge in [-0.1, -0.05) is 19.0 Å². The van der Waals surface area contributed by atoms with E-state index >= 15 is 0 Å².